The molecule has 1 aromatic rings. The highest BCUT2D eigenvalue weighted by molar-refractivity contribution is 6.00. The average Bonchev–Trinajstić information content (AvgIpc) is 3.21. The van der Waals surface area contributed by atoms with Crippen molar-refractivity contribution in [3.63, 3.8) is 0 Å². The second kappa shape index (κ2) is 6.09. The highest BCUT2D eigenvalue weighted by Crippen LogP contribution is 2.32. The van der Waals surface area contributed by atoms with E-state index in [2.05, 4.69) is 17.3 Å². The molecule has 1 N–H and O–H groups in total. The second-order valence-electron chi connectivity index (χ2n) is 6.95. The van der Waals surface area contributed by atoms with Crippen LogP contribution in [0, 0.1) is 0 Å². The van der Waals surface area contributed by atoms with E-state index in [0.717, 1.165) is 25.9 Å². The zero-order valence-electron chi connectivity index (χ0n) is 14.0. The molecule has 2 atom stereocenters. The molecule has 2 unspecified atom stereocenters. The molecule has 128 valence electrons. The second-order valence-corrected chi connectivity index (χ2v) is 6.95. The van der Waals surface area contributed by atoms with Crippen LogP contribution in [0.3, 0.4) is 0 Å². The Balaban J connectivity index is 1.56. The largest absolute Gasteiger partial charge is 0.482 e. The Morgan fingerprint density at radius 3 is 2.79 bits per heavy atom. The molecule has 0 saturated carbocycles. The first kappa shape index (κ1) is 15.4. The maximum atomic E-state index is 13.0. The maximum Gasteiger partial charge on any atom is 0.262 e. The van der Waals surface area contributed by atoms with Gasteiger partial charge in [-0.05, 0) is 57.5 Å². The molecule has 1 aromatic carbocycles. The zero-order valence-corrected chi connectivity index (χ0v) is 14.0. The summed E-state index contributed by atoms with van der Waals surface area (Å²) in [7, 11) is 2.16. The van der Waals surface area contributed by atoms with Crippen LogP contribution in [0.4, 0.5) is 5.69 Å². The summed E-state index contributed by atoms with van der Waals surface area (Å²) in [5.74, 6) is 0.499. The summed E-state index contributed by atoms with van der Waals surface area (Å²) >= 11 is 0. The van der Waals surface area contributed by atoms with Gasteiger partial charge in [0.15, 0.2) is 6.61 Å². The number of carbonyl (C=O) groups excluding carboxylic acids is 2. The molecule has 3 aliphatic heterocycles. The van der Waals surface area contributed by atoms with Crippen molar-refractivity contribution in [3.8, 4) is 5.75 Å². The number of rotatable bonds is 2. The molecule has 6 nitrogen and oxygen atoms in total. The van der Waals surface area contributed by atoms with E-state index >= 15 is 0 Å². The normalized spacial score (nSPS) is 26.9. The number of nitrogens with one attached hydrogen (secondary N) is 1. The number of carbonyl (C=O) groups is 2. The molecule has 0 aromatic heterocycles. The van der Waals surface area contributed by atoms with Gasteiger partial charge in [0.25, 0.3) is 11.8 Å². The summed E-state index contributed by atoms with van der Waals surface area (Å²) in [5.41, 5.74) is 1.21. The SMILES string of the molecule is CN1CCCC1C1CCCN1C(=O)c1ccc2c(c1)NC(=O)CO2. The first-order valence-corrected chi connectivity index (χ1v) is 8.71. The van der Waals surface area contributed by atoms with Gasteiger partial charge in [0.05, 0.1) is 5.69 Å². The van der Waals surface area contributed by atoms with Crippen molar-refractivity contribution >= 4 is 17.5 Å². The monoisotopic (exact) mass is 329 g/mol. The maximum absolute atomic E-state index is 13.0. The quantitative estimate of drug-likeness (QED) is 0.897. The minimum Gasteiger partial charge on any atom is -0.482 e. The van der Waals surface area contributed by atoms with Gasteiger partial charge < -0.3 is 19.9 Å². The fraction of sp³-hybridized carbons (Fsp3) is 0.556. The van der Waals surface area contributed by atoms with Crippen molar-refractivity contribution in [3.05, 3.63) is 23.8 Å². The third kappa shape index (κ3) is 2.65. The number of nitrogens with zero attached hydrogens (tertiary/aromatic N) is 2. The summed E-state index contributed by atoms with van der Waals surface area (Å²) < 4.78 is 5.37. The average molecular weight is 329 g/mol. The molecular formula is C18H23N3O3. The summed E-state index contributed by atoms with van der Waals surface area (Å²) in [6.45, 7) is 1.96. The van der Waals surface area contributed by atoms with E-state index in [1.807, 2.05) is 4.90 Å². The Morgan fingerprint density at radius 2 is 2.00 bits per heavy atom. The smallest absolute Gasteiger partial charge is 0.262 e. The number of likely N-dealkylation sites (tertiary alicyclic amines) is 2. The fourth-order valence-corrected chi connectivity index (χ4v) is 4.25. The van der Waals surface area contributed by atoms with Crippen LogP contribution < -0.4 is 10.1 Å². The van der Waals surface area contributed by atoms with E-state index in [9.17, 15) is 9.59 Å². The number of hydrogen-bond acceptors (Lipinski definition) is 4. The van der Waals surface area contributed by atoms with Gasteiger partial charge in [-0.2, -0.15) is 0 Å². The van der Waals surface area contributed by atoms with Gasteiger partial charge in [-0.15, -0.1) is 0 Å². The Hall–Kier alpha value is -2.08. The molecule has 0 bridgehead atoms. The predicted molar refractivity (Wildman–Crippen MR) is 90.3 cm³/mol. The number of anilines is 1. The Labute approximate surface area is 141 Å². The van der Waals surface area contributed by atoms with E-state index in [4.69, 9.17) is 4.74 Å². The van der Waals surface area contributed by atoms with Crippen molar-refractivity contribution < 1.29 is 14.3 Å². The number of fused-ring (bicyclic) bond motifs is 1. The minimum absolute atomic E-state index is 0.0303. The molecule has 2 saturated heterocycles. The van der Waals surface area contributed by atoms with E-state index in [0.29, 0.717) is 29.1 Å². The minimum atomic E-state index is -0.182. The van der Waals surface area contributed by atoms with Crippen LogP contribution in [-0.2, 0) is 4.79 Å². The van der Waals surface area contributed by atoms with Crippen LogP contribution in [0.2, 0.25) is 0 Å². The summed E-state index contributed by atoms with van der Waals surface area (Å²) in [5, 5.41) is 2.78. The fourth-order valence-electron chi connectivity index (χ4n) is 4.25. The number of hydrogen-bond donors (Lipinski definition) is 1. The summed E-state index contributed by atoms with van der Waals surface area (Å²) in [6.07, 6.45) is 4.51. The van der Waals surface area contributed by atoms with Gasteiger partial charge in [-0.25, -0.2) is 0 Å². The first-order valence-electron chi connectivity index (χ1n) is 8.71. The Morgan fingerprint density at radius 1 is 1.21 bits per heavy atom. The molecule has 4 rings (SSSR count). The molecule has 24 heavy (non-hydrogen) atoms. The van der Waals surface area contributed by atoms with Gasteiger partial charge in [-0.3, -0.25) is 9.59 Å². The van der Waals surface area contributed by atoms with Gasteiger partial charge in [0.1, 0.15) is 5.75 Å². The van der Waals surface area contributed by atoms with Crippen LogP contribution >= 0.6 is 0 Å². The molecule has 6 heteroatoms. The number of benzene rings is 1. The third-order valence-corrected chi connectivity index (χ3v) is 5.44. The van der Waals surface area contributed by atoms with Crippen molar-refractivity contribution in [2.45, 2.75) is 37.8 Å². The zero-order chi connectivity index (χ0) is 16.7. The van der Waals surface area contributed by atoms with Crippen LogP contribution in [0.1, 0.15) is 36.0 Å². The molecular weight excluding hydrogens is 306 g/mol. The number of amides is 2. The molecule has 3 aliphatic rings. The Bertz CT molecular complexity index is 675. The van der Waals surface area contributed by atoms with Crippen molar-refractivity contribution in [2.24, 2.45) is 0 Å². The topological polar surface area (TPSA) is 61.9 Å². The lowest BCUT2D eigenvalue weighted by molar-refractivity contribution is -0.118. The van der Waals surface area contributed by atoms with Crippen LogP contribution in [0.25, 0.3) is 0 Å². The standard InChI is InChI=1S/C18H23N3O3/c1-20-8-2-4-14(20)15-5-3-9-21(15)18(23)12-6-7-16-13(10-12)19-17(22)11-24-16/h6-7,10,14-15H,2-5,8-9,11H2,1H3,(H,19,22). The molecule has 0 radical (unpaired) electrons. The van der Waals surface area contributed by atoms with Crippen LogP contribution in [-0.4, -0.2) is 60.4 Å². The highest BCUT2D eigenvalue weighted by Gasteiger charge is 2.38. The predicted octanol–water partition coefficient (Wildman–Crippen LogP) is 1.72. The van der Waals surface area contributed by atoms with E-state index in [1.165, 1.54) is 12.8 Å². The number of ether oxygens (including phenoxy) is 1. The van der Waals surface area contributed by atoms with E-state index in [-0.39, 0.29) is 18.4 Å². The summed E-state index contributed by atoms with van der Waals surface area (Å²) in [6, 6.07) is 6.08. The van der Waals surface area contributed by atoms with Crippen molar-refractivity contribution in [2.75, 3.05) is 32.1 Å². The lowest BCUT2D eigenvalue weighted by atomic mass is 10.0. The third-order valence-electron chi connectivity index (χ3n) is 5.44. The lowest BCUT2D eigenvalue weighted by Crippen LogP contribution is -2.47. The van der Waals surface area contributed by atoms with Gasteiger partial charge in [0, 0.05) is 24.2 Å². The number of likely N-dealkylation sites (N-methyl/N-ethyl adjacent to an activating group) is 1. The molecule has 0 spiro atoms. The molecule has 3 heterocycles. The molecule has 2 amide bonds. The van der Waals surface area contributed by atoms with Crippen molar-refractivity contribution in [1.82, 2.24) is 9.80 Å². The lowest BCUT2D eigenvalue weighted by Gasteiger charge is -2.33. The first-order chi connectivity index (χ1) is 11.6. The van der Waals surface area contributed by atoms with Gasteiger partial charge in [-0.1, -0.05) is 0 Å². The van der Waals surface area contributed by atoms with Crippen LogP contribution in [0.15, 0.2) is 18.2 Å². The van der Waals surface area contributed by atoms with Gasteiger partial charge >= 0.3 is 0 Å². The highest BCUT2D eigenvalue weighted by atomic mass is 16.5. The van der Waals surface area contributed by atoms with Gasteiger partial charge in [0.2, 0.25) is 0 Å². The molecule has 0 aliphatic carbocycles. The van der Waals surface area contributed by atoms with E-state index in [1.54, 1.807) is 18.2 Å². The molecule has 2 fully saturated rings. The Kier molecular flexibility index (Phi) is 3.92. The van der Waals surface area contributed by atoms with Crippen molar-refractivity contribution in [1.29, 1.82) is 0 Å². The van der Waals surface area contributed by atoms with E-state index < -0.39 is 0 Å². The van der Waals surface area contributed by atoms with Crippen LogP contribution in [0.5, 0.6) is 5.75 Å². The summed E-state index contributed by atoms with van der Waals surface area (Å²) in [4.78, 5) is 28.9.